The van der Waals surface area contributed by atoms with Crippen molar-refractivity contribution in [1.29, 1.82) is 0 Å². The first kappa shape index (κ1) is 17.4. The Labute approximate surface area is 108 Å². The van der Waals surface area contributed by atoms with E-state index in [1.807, 2.05) is 0 Å². The molecule has 0 aromatic carbocycles. The first-order valence-electron chi connectivity index (χ1n) is 5.05. The van der Waals surface area contributed by atoms with E-state index in [0.717, 1.165) is 20.8 Å². The smallest absolute Gasteiger partial charge is 0.452 e. The van der Waals surface area contributed by atoms with Gasteiger partial charge in [-0.3, -0.25) is 14.4 Å². The lowest BCUT2D eigenvalue weighted by Gasteiger charge is -2.32. The molecule has 0 fully saturated rings. The number of carbonyl (C=O) groups is 3. The molecule has 0 rings (SSSR count). The van der Waals surface area contributed by atoms with Crippen LogP contribution in [0.3, 0.4) is 0 Å². The van der Waals surface area contributed by atoms with Crippen LogP contribution in [0.25, 0.3) is 0 Å². The van der Waals surface area contributed by atoms with E-state index in [2.05, 4.69) is 13.3 Å². The lowest BCUT2D eigenvalue weighted by atomic mass is 10.5. The van der Waals surface area contributed by atoms with E-state index >= 15 is 0 Å². The van der Waals surface area contributed by atoms with Crippen LogP contribution in [0.5, 0.6) is 0 Å². The van der Waals surface area contributed by atoms with Gasteiger partial charge >= 0.3 is 14.4 Å². The Morgan fingerprint density at radius 1 is 0.947 bits per heavy atom. The van der Waals surface area contributed by atoms with Gasteiger partial charge in [0.25, 0.3) is 17.9 Å². The molecule has 0 N–H and O–H groups in total. The Morgan fingerprint density at radius 3 is 1.37 bits per heavy atom. The molecule has 0 spiro atoms. The Hall–Kier alpha value is -1.58. The first-order valence-corrected chi connectivity index (χ1v) is 6.77. The number of alkyl halides is 3. The van der Waals surface area contributed by atoms with Gasteiger partial charge in [-0.2, -0.15) is 8.78 Å². The second-order valence-corrected chi connectivity index (χ2v) is 5.97. The van der Waals surface area contributed by atoms with Gasteiger partial charge in [0.1, 0.15) is 0 Å². The summed E-state index contributed by atoms with van der Waals surface area (Å²) in [5.74, 6) is -3.89. The van der Waals surface area contributed by atoms with Gasteiger partial charge in [0, 0.05) is 20.8 Å². The molecule has 10 heteroatoms. The largest absolute Gasteiger partial charge is 0.782 e. The van der Waals surface area contributed by atoms with Crippen molar-refractivity contribution in [2.24, 2.45) is 0 Å². The van der Waals surface area contributed by atoms with Gasteiger partial charge in [-0.15, -0.1) is 0 Å². The summed E-state index contributed by atoms with van der Waals surface area (Å²) in [6.07, 6.45) is -2.86. The molecular formula is C9H13F3O6Si. The van der Waals surface area contributed by atoms with Crippen LogP contribution in [-0.2, 0) is 27.7 Å². The quantitative estimate of drug-likeness (QED) is 0.709. The molecule has 1 atom stereocenters. The molecule has 0 aliphatic rings. The normalized spacial score (nSPS) is 13.4. The highest BCUT2D eigenvalue weighted by molar-refractivity contribution is 6.68. The zero-order valence-corrected chi connectivity index (χ0v) is 11.7. The third-order valence-corrected chi connectivity index (χ3v) is 4.62. The van der Waals surface area contributed by atoms with Crippen molar-refractivity contribution in [2.75, 3.05) is 0 Å². The summed E-state index contributed by atoms with van der Waals surface area (Å²) in [5, 5.41) is 0. The van der Waals surface area contributed by atoms with Gasteiger partial charge in [-0.05, 0) is 6.92 Å². The van der Waals surface area contributed by atoms with Gasteiger partial charge in [0.15, 0.2) is 6.17 Å². The fourth-order valence-electron chi connectivity index (χ4n) is 1.08. The third-order valence-electron chi connectivity index (χ3n) is 1.74. The fraction of sp³-hybridized carbons (Fsp3) is 0.667. The van der Waals surface area contributed by atoms with Gasteiger partial charge in [-0.25, -0.2) is 4.39 Å². The van der Waals surface area contributed by atoms with E-state index in [1.54, 1.807) is 0 Å². The molecule has 0 saturated carbocycles. The lowest BCUT2D eigenvalue weighted by molar-refractivity contribution is -0.159. The predicted octanol–water partition coefficient (Wildman–Crippen LogP) is 1.15. The number of carbonyl (C=O) groups excluding carboxylic acids is 3. The summed E-state index contributed by atoms with van der Waals surface area (Å²) in [6, 6.07) is 0. The highest BCUT2D eigenvalue weighted by Gasteiger charge is 2.76. The molecular weight excluding hydrogens is 289 g/mol. The minimum Gasteiger partial charge on any atom is -0.452 e. The minimum atomic E-state index is -5.53. The highest BCUT2D eigenvalue weighted by atomic mass is 28.4. The van der Waals surface area contributed by atoms with Crippen LogP contribution in [0.2, 0.25) is 0 Å². The molecule has 6 nitrogen and oxygen atoms in total. The standard InChI is InChI=1S/C9H13F3O6Si/c1-5(10)9(11,12)19(16-6(2)13,17-7(3)14)18-8(4)15/h5H,1-4H3. The van der Waals surface area contributed by atoms with Gasteiger partial charge in [0.05, 0.1) is 0 Å². The Balaban J connectivity index is 5.78. The zero-order chi connectivity index (χ0) is 15.4. The molecule has 0 aromatic rings. The van der Waals surface area contributed by atoms with E-state index in [0.29, 0.717) is 6.92 Å². The maximum Gasteiger partial charge on any atom is 0.782 e. The van der Waals surface area contributed by atoms with E-state index in [1.165, 1.54) is 0 Å². The van der Waals surface area contributed by atoms with Crippen LogP contribution in [0.15, 0.2) is 0 Å². The van der Waals surface area contributed by atoms with Crippen molar-refractivity contribution in [2.45, 2.75) is 39.4 Å². The number of halogens is 3. The van der Waals surface area contributed by atoms with Gasteiger partial charge < -0.3 is 13.3 Å². The number of hydrogen-bond donors (Lipinski definition) is 0. The summed E-state index contributed by atoms with van der Waals surface area (Å²) >= 11 is 0. The SMILES string of the molecule is CC(=O)O[Si](OC(C)=O)(OC(C)=O)C(F)(F)C(C)F. The summed E-state index contributed by atoms with van der Waals surface area (Å²) < 4.78 is 53.3. The number of rotatable bonds is 5. The second kappa shape index (κ2) is 6.04. The molecule has 0 radical (unpaired) electrons. The molecule has 0 bridgehead atoms. The molecule has 0 aromatic heterocycles. The maximum absolute atomic E-state index is 13.8. The van der Waals surface area contributed by atoms with E-state index in [9.17, 15) is 27.6 Å². The number of hydrogen-bond acceptors (Lipinski definition) is 6. The Morgan fingerprint density at radius 2 is 1.21 bits per heavy atom. The summed E-state index contributed by atoms with van der Waals surface area (Å²) in [7, 11) is -5.53. The van der Waals surface area contributed by atoms with Crippen molar-refractivity contribution in [3.8, 4) is 0 Å². The Kier molecular flexibility index (Phi) is 5.54. The fourth-order valence-corrected chi connectivity index (χ4v) is 3.23. The molecule has 0 saturated heterocycles. The maximum atomic E-state index is 13.8. The molecule has 0 aliphatic carbocycles. The topological polar surface area (TPSA) is 78.9 Å². The van der Waals surface area contributed by atoms with Crippen LogP contribution >= 0.6 is 0 Å². The van der Waals surface area contributed by atoms with Gasteiger partial charge in [0.2, 0.25) is 0 Å². The molecule has 110 valence electrons. The molecule has 19 heavy (non-hydrogen) atoms. The predicted molar refractivity (Wildman–Crippen MR) is 56.6 cm³/mol. The summed E-state index contributed by atoms with van der Waals surface area (Å²) in [6.45, 7) is 2.65. The van der Waals surface area contributed by atoms with Crippen molar-refractivity contribution in [3.05, 3.63) is 0 Å². The average molecular weight is 302 g/mol. The summed E-state index contributed by atoms with van der Waals surface area (Å²) in [4.78, 5) is 32.6. The van der Waals surface area contributed by atoms with E-state index in [4.69, 9.17) is 0 Å². The van der Waals surface area contributed by atoms with Crippen molar-refractivity contribution < 1.29 is 40.8 Å². The first-order chi connectivity index (χ1) is 8.44. The van der Waals surface area contributed by atoms with Crippen LogP contribution in [-0.4, -0.2) is 38.4 Å². The van der Waals surface area contributed by atoms with Crippen molar-refractivity contribution in [1.82, 2.24) is 0 Å². The monoisotopic (exact) mass is 302 g/mol. The average Bonchev–Trinajstić information content (AvgIpc) is 2.12. The van der Waals surface area contributed by atoms with Crippen LogP contribution in [0.4, 0.5) is 13.2 Å². The van der Waals surface area contributed by atoms with Crippen LogP contribution in [0.1, 0.15) is 27.7 Å². The Bertz CT molecular complexity index is 343. The zero-order valence-electron chi connectivity index (χ0n) is 10.7. The van der Waals surface area contributed by atoms with E-state index in [-0.39, 0.29) is 0 Å². The van der Waals surface area contributed by atoms with Crippen molar-refractivity contribution >= 4 is 26.7 Å². The molecule has 0 aliphatic heterocycles. The summed E-state index contributed by atoms with van der Waals surface area (Å²) in [5.41, 5.74) is -4.45. The second-order valence-electron chi connectivity index (χ2n) is 3.58. The molecule has 0 heterocycles. The third kappa shape index (κ3) is 4.23. The van der Waals surface area contributed by atoms with E-state index < -0.39 is 38.4 Å². The van der Waals surface area contributed by atoms with Crippen LogP contribution < -0.4 is 0 Å². The van der Waals surface area contributed by atoms with Crippen molar-refractivity contribution in [3.63, 3.8) is 0 Å². The van der Waals surface area contributed by atoms with Gasteiger partial charge in [-0.1, -0.05) is 0 Å². The highest BCUT2D eigenvalue weighted by Crippen LogP contribution is 2.35. The molecule has 0 amide bonds. The minimum absolute atomic E-state index is 0.457. The molecule has 1 unspecified atom stereocenters. The van der Waals surface area contributed by atoms with Crippen LogP contribution in [0, 0.1) is 0 Å². The lowest BCUT2D eigenvalue weighted by Crippen LogP contribution is -2.66.